The van der Waals surface area contributed by atoms with Gasteiger partial charge in [-0.05, 0) is 115 Å². The molecular weight excluding hydrogens is 783 g/mol. The van der Waals surface area contributed by atoms with Gasteiger partial charge in [-0.15, -0.1) is 11.3 Å². The van der Waals surface area contributed by atoms with Gasteiger partial charge in [0, 0.05) is 53.3 Å². The van der Waals surface area contributed by atoms with Crippen molar-refractivity contribution in [3.05, 3.63) is 224 Å². The molecule has 0 saturated heterocycles. The average Bonchev–Trinajstić information content (AvgIpc) is 3.94. The number of benzene rings is 11. The molecule has 2 heterocycles. The zero-order chi connectivity index (χ0) is 41.4. The van der Waals surface area contributed by atoms with Gasteiger partial charge >= 0.3 is 0 Å². The predicted molar refractivity (Wildman–Crippen MR) is 270 cm³/mol. The molecule has 3 heteroatoms. The van der Waals surface area contributed by atoms with Crippen molar-refractivity contribution in [1.29, 1.82) is 0 Å². The highest BCUT2D eigenvalue weighted by molar-refractivity contribution is 7.25. The molecule has 0 spiro atoms. The van der Waals surface area contributed by atoms with Gasteiger partial charge in [0.15, 0.2) is 0 Å². The zero-order valence-corrected chi connectivity index (χ0v) is 34.9. The quantitative estimate of drug-likeness (QED) is 0.155. The van der Waals surface area contributed by atoms with Crippen molar-refractivity contribution in [3.63, 3.8) is 0 Å². The van der Waals surface area contributed by atoms with E-state index in [9.17, 15) is 0 Å². The Labute approximate surface area is 368 Å². The molecule has 0 aliphatic rings. The van der Waals surface area contributed by atoms with Crippen LogP contribution in [0.5, 0.6) is 0 Å². The Hall–Kier alpha value is -7.98. The number of fused-ring (bicyclic) bond motifs is 11. The smallest absolute Gasteiger partial charge is 0.143 e. The maximum Gasteiger partial charge on any atom is 0.143 e. The Kier molecular flexibility index (Phi) is 8.12. The fourth-order valence-corrected chi connectivity index (χ4v) is 11.1. The Balaban J connectivity index is 0.997. The number of rotatable bonds is 6. The van der Waals surface area contributed by atoms with Gasteiger partial charge < -0.3 is 9.32 Å². The van der Waals surface area contributed by atoms with E-state index in [0.29, 0.717) is 0 Å². The van der Waals surface area contributed by atoms with E-state index in [1.54, 1.807) is 0 Å². The molecule has 63 heavy (non-hydrogen) atoms. The SMILES string of the molecule is c1ccc(N(c2ccc(-c3cc4ccccc4c4ccccc34)cc2)c2ccc(-c3cccc4sc5ccccc5c34)cc2)c(-c2cccc3oc4c5ccccc5ccc4c23)c1. The van der Waals surface area contributed by atoms with E-state index in [1.807, 2.05) is 11.3 Å². The summed E-state index contributed by atoms with van der Waals surface area (Å²) in [6.45, 7) is 0. The third-order valence-electron chi connectivity index (χ3n) is 12.9. The van der Waals surface area contributed by atoms with Crippen LogP contribution in [0.15, 0.2) is 229 Å². The molecule has 0 aliphatic carbocycles. The largest absolute Gasteiger partial charge is 0.455 e. The summed E-state index contributed by atoms with van der Waals surface area (Å²) in [7, 11) is 0. The molecule has 294 valence electrons. The van der Waals surface area contributed by atoms with Gasteiger partial charge in [-0.3, -0.25) is 0 Å². The van der Waals surface area contributed by atoms with Crippen LogP contribution in [0, 0.1) is 0 Å². The Bertz CT molecular complexity index is 3910. The molecule has 11 aromatic carbocycles. The van der Waals surface area contributed by atoms with E-state index in [-0.39, 0.29) is 0 Å². The van der Waals surface area contributed by atoms with E-state index in [2.05, 4.69) is 229 Å². The van der Waals surface area contributed by atoms with Gasteiger partial charge in [-0.2, -0.15) is 0 Å². The molecule has 0 bridgehead atoms. The summed E-state index contributed by atoms with van der Waals surface area (Å²) in [4.78, 5) is 2.42. The summed E-state index contributed by atoms with van der Waals surface area (Å²) in [5, 5.41) is 12.2. The van der Waals surface area contributed by atoms with Crippen LogP contribution in [0.4, 0.5) is 17.1 Å². The molecule has 0 fully saturated rings. The number of para-hydroxylation sites is 1. The first-order valence-corrected chi connectivity index (χ1v) is 22.3. The highest BCUT2D eigenvalue weighted by atomic mass is 32.1. The van der Waals surface area contributed by atoms with Crippen LogP contribution >= 0.6 is 11.3 Å². The fraction of sp³-hybridized carbons (Fsp3) is 0. The highest BCUT2D eigenvalue weighted by Crippen LogP contribution is 2.47. The topological polar surface area (TPSA) is 16.4 Å². The summed E-state index contributed by atoms with van der Waals surface area (Å²) >= 11 is 1.86. The van der Waals surface area contributed by atoms with Crippen LogP contribution in [-0.2, 0) is 0 Å². The van der Waals surface area contributed by atoms with Crippen LogP contribution < -0.4 is 4.90 Å². The van der Waals surface area contributed by atoms with Crippen molar-refractivity contribution in [2.24, 2.45) is 0 Å². The first kappa shape index (κ1) is 35.7. The lowest BCUT2D eigenvalue weighted by molar-refractivity contribution is 0.673. The van der Waals surface area contributed by atoms with Crippen LogP contribution in [0.1, 0.15) is 0 Å². The van der Waals surface area contributed by atoms with Gasteiger partial charge in [0.05, 0.1) is 5.69 Å². The average molecular weight is 820 g/mol. The molecule has 2 aromatic heterocycles. The Morgan fingerprint density at radius 1 is 0.333 bits per heavy atom. The second-order valence-corrected chi connectivity index (χ2v) is 17.4. The van der Waals surface area contributed by atoms with Crippen molar-refractivity contribution in [1.82, 2.24) is 0 Å². The maximum atomic E-state index is 6.70. The van der Waals surface area contributed by atoms with Crippen LogP contribution in [0.3, 0.4) is 0 Å². The summed E-state index contributed by atoms with van der Waals surface area (Å²) in [6, 6.07) is 81.7. The fourth-order valence-electron chi connectivity index (χ4n) is 9.99. The van der Waals surface area contributed by atoms with Crippen molar-refractivity contribution < 1.29 is 4.42 Å². The minimum absolute atomic E-state index is 0.881. The molecule has 0 atom stereocenters. The minimum Gasteiger partial charge on any atom is -0.455 e. The predicted octanol–water partition coefficient (Wildman–Crippen LogP) is 17.9. The van der Waals surface area contributed by atoms with Gasteiger partial charge in [0.25, 0.3) is 0 Å². The van der Waals surface area contributed by atoms with Crippen LogP contribution in [0.25, 0.3) is 108 Å². The van der Waals surface area contributed by atoms with Gasteiger partial charge in [0.1, 0.15) is 11.2 Å². The number of hydrogen-bond acceptors (Lipinski definition) is 3. The lowest BCUT2D eigenvalue weighted by atomic mass is 9.93. The summed E-state index contributed by atoms with van der Waals surface area (Å²) in [5.74, 6) is 0. The molecule has 0 aliphatic heterocycles. The number of anilines is 3. The molecule has 0 saturated carbocycles. The number of thiophene rings is 1. The van der Waals surface area contributed by atoms with Crippen molar-refractivity contribution in [2.45, 2.75) is 0 Å². The number of furan rings is 1. The normalized spacial score (nSPS) is 11.8. The maximum absolute atomic E-state index is 6.70. The summed E-state index contributed by atoms with van der Waals surface area (Å²) < 4.78 is 9.32. The first-order chi connectivity index (χ1) is 31.2. The van der Waals surface area contributed by atoms with Crippen molar-refractivity contribution >= 4 is 103 Å². The molecule has 0 amide bonds. The number of nitrogens with zero attached hydrogens (tertiary/aromatic N) is 1. The van der Waals surface area contributed by atoms with Crippen LogP contribution in [0.2, 0.25) is 0 Å². The van der Waals surface area contributed by atoms with Crippen LogP contribution in [-0.4, -0.2) is 0 Å². The lowest BCUT2D eigenvalue weighted by Crippen LogP contribution is -2.11. The molecule has 2 nitrogen and oxygen atoms in total. The summed E-state index contributed by atoms with van der Waals surface area (Å²) in [6.07, 6.45) is 0. The molecule has 0 unspecified atom stereocenters. The van der Waals surface area contributed by atoms with Gasteiger partial charge in [-0.1, -0.05) is 164 Å². The highest BCUT2D eigenvalue weighted by Gasteiger charge is 2.22. The second kappa shape index (κ2) is 14.3. The minimum atomic E-state index is 0.881. The molecule has 0 radical (unpaired) electrons. The molecule has 0 N–H and O–H groups in total. The van der Waals surface area contributed by atoms with Gasteiger partial charge in [-0.25, -0.2) is 0 Å². The first-order valence-electron chi connectivity index (χ1n) is 21.5. The zero-order valence-electron chi connectivity index (χ0n) is 34.1. The second-order valence-electron chi connectivity index (χ2n) is 16.4. The third-order valence-corrected chi connectivity index (χ3v) is 14.0. The van der Waals surface area contributed by atoms with Crippen molar-refractivity contribution in [2.75, 3.05) is 4.90 Å². The van der Waals surface area contributed by atoms with Crippen molar-refractivity contribution in [3.8, 4) is 33.4 Å². The molecule has 13 aromatic rings. The molecule has 13 rings (SSSR count). The lowest BCUT2D eigenvalue weighted by Gasteiger charge is -2.28. The monoisotopic (exact) mass is 819 g/mol. The van der Waals surface area contributed by atoms with E-state index < -0.39 is 0 Å². The van der Waals surface area contributed by atoms with E-state index in [0.717, 1.165) is 55.5 Å². The third kappa shape index (κ3) is 5.71. The Morgan fingerprint density at radius 3 is 1.73 bits per heavy atom. The summed E-state index contributed by atoms with van der Waals surface area (Å²) in [5.41, 5.74) is 12.2. The van der Waals surface area contributed by atoms with E-state index >= 15 is 0 Å². The standard InChI is InChI=1S/C60H37NOS/c1-4-16-46-38(13-1)31-36-52-58-50(22-11-24-55(58)62-60(46)52)49-19-7-9-23-54(49)61(42-32-27-39(28-33-42)45-21-12-26-57-59(45)51-20-8-10-25-56(51)63-57)43-34-29-40(30-35-43)53-37-41-14-2-3-15-44(41)47-17-5-6-18-48(47)53/h1-37H. The molecular formula is C60H37NOS. The van der Waals surface area contributed by atoms with E-state index in [1.165, 1.54) is 69.4 Å². The van der Waals surface area contributed by atoms with Gasteiger partial charge in [0.2, 0.25) is 0 Å². The van der Waals surface area contributed by atoms with E-state index in [4.69, 9.17) is 4.42 Å². The number of hydrogen-bond donors (Lipinski definition) is 0. The Morgan fingerprint density at radius 2 is 0.921 bits per heavy atom.